The third-order valence-corrected chi connectivity index (χ3v) is 4.75. The monoisotopic (exact) mass is 362 g/mol. The van der Waals surface area contributed by atoms with Gasteiger partial charge in [0.1, 0.15) is 12.2 Å². The number of hydrogen-bond acceptors (Lipinski definition) is 6. The van der Waals surface area contributed by atoms with Crippen LogP contribution in [-0.4, -0.2) is 47.1 Å². The fourth-order valence-electron chi connectivity index (χ4n) is 3.22. The molecule has 0 radical (unpaired) electrons. The Morgan fingerprint density at radius 3 is 2.73 bits per heavy atom. The largest absolute Gasteiger partial charge is 0.458 e. The van der Waals surface area contributed by atoms with Crippen molar-refractivity contribution in [3.05, 3.63) is 47.1 Å². The lowest BCUT2D eigenvalue weighted by Crippen LogP contribution is -2.34. The summed E-state index contributed by atoms with van der Waals surface area (Å²) in [4.78, 5) is 24.4. The molecule has 0 aromatic rings. The van der Waals surface area contributed by atoms with E-state index in [0.29, 0.717) is 17.6 Å². The van der Waals surface area contributed by atoms with Gasteiger partial charge in [-0.15, -0.1) is 0 Å². The van der Waals surface area contributed by atoms with Crippen molar-refractivity contribution < 1.29 is 29.3 Å². The number of hydrogen-bond donors (Lipinski definition) is 2. The van der Waals surface area contributed by atoms with Crippen LogP contribution in [-0.2, 0) is 19.1 Å². The number of allylic oxidation sites excluding steroid dienone is 1. The van der Waals surface area contributed by atoms with E-state index in [1.54, 1.807) is 32.1 Å². The van der Waals surface area contributed by atoms with Crippen molar-refractivity contribution in [1.82, 2.24) is 0 Å². The van der Waals surface area contributed by atoms with E-state index in [-0.39, 0.29) is 18.6 Å². The zero-order chi connectivity index (χ0) is 19.4. The number of aliphatic hydroxyl groups excluding tert-OH is 2. The Hall–Kier alpha value is -2.18. The molecule has 0 aromatic carbocycles. The lowest BCUT2D eigenvalue weighted by molar-refractivity contribution is -0.147. The Bertz CT molecular complexity index is 684. The van der Waals surface area contributed by atoms with Crippen LogP contribution in [0.3, 0.4) is 0 Å². The normalized spacial score (nSPS) is 34.1. The predicted octanol–water partition coefficient (Wildman–Crippen LogP) is 1.98. The smallest absolute Gasteiger partial charge is 0.334 e. The zero-order valence-electron chi connectivity index (χ0n) is 15.4. The summed E-state index contributed by atoms with van der Waals surface area (Å²) >= 11 is 0. The van der Waals surface area contributed by atoms with Crippen molar-refractivity contribution in [2.24, 2.45) is 5.92 Å². The van der Waals surface area contributed by atoms with Gasteiger partial charge in [-0.1, -0.05) is 24.3 Å². The third kappa shape index (κ3) is 4.51. The third-order valence-electron chi connectivity index (χ3n) is 4.75. The first-order valence-corrected chi connectivity index (χ1v) is 8.66. The number of carbonyl (C=O) groups is 2. The van der Waals surface area contributed by atoms with Gasteiger partial charge in [-0.25, -0.2) is 9.59 Å². The molecule has 0 saturated carbocycles. The van der Waals surface area contributed by atoms with E-state index in [1.165, 1.54) is 0 Å². The molecule has 1 heterocycles. The Labute approximate surface area is 153 Å². The Morgan fingerprint density at radius 1 is 1.42 bits per heavy atom. The van der Waals surface area contributed by atoms with Gasteiger partial charge in [-0.05, 0) is 38.8 Å². The number of esters is 2. The van der Waals surface area contributed by atoms with E-state index >= 15 is 0 Å². The highest BCUT2D eigenvalue weighted by molar-refractivity contribution is 5.92. The van der Waals surface area contributed by atoms with Gasteiger partial charge < -0.3 is 19.7 Å². The highest BCUT2D eigenvalue weighted by Gasteiger charge is 2.44. The van der Waals surface area contributed by atoms with Crippen LogP contribution in [0, 0.1) is 5.92 Å². The van der Waals surface area contributed by atoms with E-state index in [2.05, 4.69) is 6.58 Å². The van der Waals surface area contributed by atoms with Gasteiger partial charge in [0.15, 0.2) is 0 Å². The standard InChI is InChI=1S/C20H26O6/c1-5-12(3)19(23)25-17-9-14(10-21)8-15(22)6-11(2)7-16-18(17)13(4)20(24)26-16/h5,7-8,15-18,21-22H,4,6,9-10H2,1-3H3/b11-7+,12-5+,14-8+. The molecule has 1 aliphatic heterocycles. The minimum Gasteiger partial charge on any atom is -0.458 e. The Balaban J connectivity index is 2.45. The van der Waals surface area contributed by atoms with Crippen LogP contribution in [0.25, 0.3) is 0 Å². The molecular weight excluding hydrogens is 336 g/mol. The zero-order valence-corrected chi connectivity index (χ0v) is 15.4. The molecule has 142 valence electrons. The minimum atomic E-state index is -0.779. The maximum absolute atomic E-state index is 12.3. The Morgan fingerprint density at radius 2 is 2.12 bits per heavy atom. The number of ether oxygens (including phenoxy) is 2. The van der Waals surface area contributed by atoms with Crippen LogP contribution in [0.2, 0.25) is 0 Å². The average molecular weight is 362 g/mol. The summed E-state index contributed by atoms with van der Waals surface area (Å²) < 4.78 is 11.0. The molecule has 6 heteroatoms. The molecule has 2 aliphatic rings. The van der Waals surface area contributed by atoms with Crippen molar-refractivity contribution in [3.8, 4) is 0 Å². The van der Waals surface area contributed by atoms with E-state index in [9.17, 15) is 19.8 Å². The molecule has 0 aromatic heterocycles. The van der Waals surface area contributed by atoms with E-state index in [0.717, 1.165) is 5.57 Å². The second-order valence-electron chi connectivity index (χ2n) is 6.81. The summed E-state index contributed by atoms with van der Waals surface area (Å²) in [6, 6.07) is 0. The maximum Gasteiger partial charge on any atom is 0.334 e. The number of rotatable bonds is 3. The molecule has 1 saturated heterocycles. The van der Waals surface area contributed by atoms with Crippen LogP contribution in [0.4, 0.5) is 0 Å². The molecule has 0 spiro atoms. The van der Waals surface area contributed by atoms with Gasteiger partial charge in [0, 0.05) is 17.6 Å². The number of aliphatic hydroxyl groups is 2. The minimum absolute atomic E-state index is 0.181. The van der Waals surface area contributed by atoms with Crippen LogP contribution in [0.1, 0.15) is 33.6 Å². The quantitative estimate of drug-likeness (QED) is 0.453. The summed E-state index contributed by atoms with van der Waals surface area (Å²) in [6.07, 6.45) is 3.38. The van der Waals surface area contributed by atoms with E-state index in [4.69, 9.17) is 9.47 Å². The van der Waals surface area contributed by atoms with Gasteiger partial charge in [0.25, 0.3) is 0 Å². The molecule has 0 amide bonds. The lowest BCUT2D eigenvalue weighted by Gasteiger charge is -2.28. The second kappa shape index (κ2) is 8.47. The summed E-state index contributed by atoms with van der Waals surface area (Å²) in [5.74, 6) is -1.57. The molecule has 26 heavy (non-hydrogen) atoms. The summed E-state index contributed by atoms with van der Waals surface area (Å²) in [5, 5.41) is 19.8. The number of carbonyl (C=O) groups excluding carboxylic acids is 2. The first-order valence-electron chi connectivity index (χ1n) is 8.66. The summed E-state index contributed by atoms with van der Waals surface area (Å²) in [7, 11) is 0. The van der Waals surface area contributed by atoms with Gasteiger partial charge in [0.05, 0.1) is 18.6 Å². The highest BCUT2D eigenvalue weighted by Crippen LogP contribution is 2.36. The first-order chi connectivity index (χ1) is 12.3. The van der Waals surface area contributed by atoms with Gasteiger partial charge in [-0.3, -0.25) is 0 Å². The first kappa shape index (κ1) is 20.1. The molecule has 0 bridgehead atoms. The summed E-state index contributed by atoms with van der Waals surface area (Å²) in [6.45, 7) is 8.74. The predicted molar refractivity (Wildman–Crippen MR) is 96.0 cm³/mol. The van der Waals surface area contributed by atoms with Crippen LogP contribution < -0.4 is 0 Å². The van der Waals surface area contributed by atoms with Crippen molar-refractivity contribution in [2.75, 3.05) is 6.61 Å². The lowest BCUT2D eigenvalue weighted by atomic mass is 9.85. The maximum atomic E-state index is 12.3. The molecular formula is C20H26O6. The molecule has 1 fully saturated rings. The van der Waals surface area contributed by atoms with Crippen molar-refractivity contribution >= 4 is 11.9 Å². The fraction of sp³-hybridized carbons (Fsp3) is 0.500. The molecule has 1 aliphatic carbocycles. The van der Waals surface area contributed by atoms with Crippen molar-refractivity contribution in [3.63, 3.8) is 0 Å². The van der Waals surface area contributed by atoms with Crippen LogP contribution in [0.15, 0.2) is 47.1 Å². The topological polar surface area (TPSA) is 93.1 Å². The van der Waals surface area contributed by atoms with E-state index < -0.39 is 36.2 Å². The van der Waals surface area contributed by atoms with Crippen LogP contribution >= 0.6 is 0 Å². The molecule has 2 N–H and O–H groups in total. The van der Waals surface area contributed by atoms with Gasteiger partial charge >= 0.3 is 11.9 Å². The fourth-order valence-corrected chi connectivity index (χ4v) is 3.22. The summed E-state index contributed by atoms with van der Waals surface area (Å²) in [5.41, 5.74) is 2.05. The average Bonchev–Trinajstić information content (AvgIpc) is 2.85. The van der Waals surface area contributed by atoms with Gasteiger partial charge in [-0.2, -0.15) is 0 Å². The highest BCUT2D eigenvalue weighted by atomic mass is 16.6. The SMILES string of the molecule is C=C1C(=O)OC2/C=C(\C)CC(O)/C=C(/CO)CC(OC(=O)/C(C)=C/C)C12. The van der Waals surface area contributed by atoms with E-state index in [1.807, 2.05) is 6.92 Å². The Kier molecular flexibility index (Phi) is 6.56. The molecule has 2 rings (SSSR count). The molecule has 4 atom stereocenters. The van der Waals surface area contributed by atoms with Gasteiger partial charge in [0.2, 0.25) is 0 Å². The molecule has 6 nitrogen and oxygen atoms in total. The molecule has 4 unspecified atom stereocenters. The second-order valence-corrected chi connectivity index (χ2v) is 6.81. The number of fused-ring (bicyclic) bond motifs is 1. The van der Waals surface area contributed by atoms with Crippen molar-refractivity contribution in [2.45, 2.75) is 51.9 Å². The van der Waals surface area contributed by atoms with Crippen molar-refractivity contribution in [1.29, 1.82) is 0 Å². The van der Waals surface area contributed by atoms with Crippen LogP contribution in [0.5, 0.6) is 0 Å².